The third-order valence-electron chi connectivity index (χ3n) is 3.88. The van der Waals surface area contributed by atoms with Crippen molar-refractivity contribution in [2.75, 3.05) is 5.75 Å². The first-order valence-corrected chi connectivity index (χ1v) is 6.83. The Morgan fingerprint density at radius 2 is 1.42 bits per heavy atom. The average molecular weight is 204 g/mol. The molecule has 1 aliphatic rings. The SMILES string of the molecule is CC1(C)CSSC(C)(C)C1(C)C. The normalized spacial score (nSPS) is 31.5. The molecule has 0 amide bonds. The maximum atomic E-state index is 2.40. The largest absolute Gasteiger partial charge is 0.0930 e. The fraction of sp³-hybridized carbons (Fsp3) is 1.00. The van der Waals surface area contributed by atoms with Crippen molar-refractivity contribution in [2.24, 2.45) is 10.8 Å². The summed E-state index contributed by atoms with van der Waals surface area (Å²) in [5.74, 6) is 1.27. The van der Waals surface area contributed by atoms with Crippen LogP contribution in [0.15, 0.2) is 0 Å². The van der Waals surface area contributed by atoms with E-state index in [0.717, 1.165) is 0 Å². The van der Waals surface area contributed by atoms with Gasteiger partial charge in [0, 0.05) is 10.5 Å². The summed E-state index contributed by atoms with van der Waals surface area (Å²) in [6.45, 7) is 14.3. The molecule has 0 bridgehead atoms. The molecule has 0 aromatic heterocycles. The highest BCUT2D eigenvalue weighted by Gasteiger charge is 2.51. The van der Waals surface area contributed by atoms with Crippen LogP contribution in [0, 0.1) is 10.8 Å². The van der Waals surface area contributed by atoms with Gasteiger partial charge in [-0.2, -0.15) is 0 Å². The zero-order valence-corrected chi connectivity index (χ0v) is 10.7. The molecule has 0 nitrogen and oxygen atoms in total. The van der Waals surface area contributed by atoms with E-state index in [1.165, 1.54) is 5.75 Å². The molecule has 1 fully saturated rings. The molecule has 72 valence electrons. The van der Waals surface area contributed by atoms with Gasteiger partial charge in [0.1, 0.15) is 0 Å². The Bertz CT molecular complexity index is 162. The lowest BCUT2D eigenvalue weighted by Gasteiger charge is -2.55. The van der Waals surface area contributed by atoms with Crippen molar-refractivity contribution in [1.29, 1.82) is 0 Å². The first kappa shape index (κ1) is 10.8. The summed E-state index contributed by atoms with van der Waals surface area (Å²) in [7, 11) is 4.07. The van der Waals surface area contributed by atoms with E-state index in [0.29, 0.717) is 15.6 Å². The molecule has 1 saturated heterocycles. The first-order valence-electron chi connectivity index (χ1n) is 4.51. The van der Waals surface area contributed by atoms with Crippen molar-refractivity contribution in [3.05, 3.63) is 0 Å². The molecular weight excluding hydrogens is 184 g/mol. The van der Waals surface area contributed by atoms with E-state index in [1.807, 2.05) is 21.6 Å². The zero-order valence-electron chi connectivity index (χ0n) is 9.02. The van der Waals surface area contributed by atoms with Crippen LogP contribution >= 0.6 is 21.6 Å². The van der Waals surface area contributed by atoms with Crippen LogP contribution in [-0.2, 0) is 0 Å². The maximum absolute atomic E-state index is 2.40. The molecule has 1 aliphatic heterocycles. The molecule has 2 heteroatoms. The van der Waals surface area contributed by atoms with E-state index in [2.05, 4.69) is 41.5 Å². The molecule has 0 unspecified atom stereocenters. The highest BCUT2D eigenvalue weighted by atomic mass is 33.1. The van der Waals surface area contributed by atoms with E-state index in [-0.39, 0.29) is 0 Å². The van der Waals surface area contributed by atoms with Gasteiger partial charge in [0.05, 0.1) is 0 Å². The summed E-state index contributed by atoms with van der Waals surface area (Å²) in [4.78, 5) is 0. The predicted molar refractivity (Wildman–Crippen MR) is 61.7 cm³/mol. The summed E-state index contributed by atoms with van der Waals surface area (Å²) in [6.07, 6.45) is 0. The number of hydrogen-bond donors (Lipinski definition) is 0. The fourth-order valence-electron chi connectivity index (χ4n) is 1.42. The lowest BCUT2D eigenvalue weighted by atomic mass is 9.62. The highest BCUT2D eigenvalue weighted by Crippen LogP contribution is 2.61. The van der Waals surface area contributed by atoms with Gasteiger partial charge in [-0.15, -0.1) is 0 Å². The predicted octanol–water partition coefficient (Wildman–Crippen LogP) is 4.21. The van der Waals surface area contributed by atoms with Crippen molar-refractivity contribution >= 4 is 21.6 Å². The van der Waals surface area contributed by atoms with Gasteiger partial charge in [-0.3, -0.25) is 0 Å². The molecule has 1 rings (SSSR count). The van der Waals surface area contributed by atoms with Crippen molar-refractivity contribution < 1.29 is 0 Å². The van der Waals surface area contributed by atoms with Crippen LogP contribution in [0.3, 0.4) is 0 Å². The smallest absolute Gasteiger partial charge is 0.0263 e. The van der Waals surface area contributed by atoms with Gasteiger partial charge in [-0.05, 0) is 24.7 Å². The molecule has 0 saturated carbocycles. The quantitative estimate of drug-likeness (QED) is 0.542. The van der Waals surface area contributed by atoms with Crippen molar-refractivity contribution in [2.45, 2.75) is 46.3 Å². The molecule has 12 heavy (non-hydrogen) atoms. The van der Waals surface area contributed by atoms with Crippen LogP contribution in [-0.4, -0.2) is 10.5 Å². The molecule has 0 atom stereocenters. The Balaban J connectivity index is 2.99. The Morgan fingerprint density at radius 3 is 1.75 bits per heavy atom. The van der Waals surface area contributed by atoms with E-state index in [1.54, 1.807) is 0 Å². The second kappa shape index (κ2) is 2.84. The van der Waals surface area contributed by atoms with Gasteiger partial charge in [0.15, 0.2) is 0 Å². The summed E-state index contributed by atoms with van der Waals surface area (Å²) >= 11 is 0. The summed E-state index contributed by atoms with van der Waals surface area (Å²) < 4.78 is 0.388. The maximum Gasteiger partial charge on any atom is 0.0263 e. The van der Waals surface area contributed by atoms with Crippen molar-refractivity contribution in [1.82, 2.24) is 0 Å². The van der Waals surface area contributed by atoms with Gasteiger partial charge in [0.25, 0.3) is 0 Å². The van der Waals surface area contributed by atoms with Crippen LogP contribution < -0.4 is 0 Å². The van der Waals surface area contributed by atoms with Crippen LogP contribution in [0.4, 0.5) is 0 Å². The Labute approximate surface area is 84.7 Å². The Morgan fingerprint density at radius 1 is 0.917 bits per heavy atom. The topological polar surface area (TPSA) is 0 Å². The Hall–Kier alpha value is 0.700. The van der Waals surface area contributed by atoms with E-state index >= 15 is 0 Å². The minimum absolute atomic E-state index is 0.388. The molecule has 0 radical (unpaired) electrons. The van der Waals surface area contributed by atoms with Crippen LogP contribution in [0.1, 0.15) is 41.5 Å². The Kier molecular flexibility index (Phi) is 2.56. The second-order valence-corrected chi connectivity index (χ2v) is 8.28. The molecule has 0 aromatic carbocycles. The zero-order chi connectivity index (χ0) is 9.62. The second-order valence-electron chi connectivity index (χ2n) is 5.36. The van der Waals surface area contributed by atoms with E-state index in [9.17, 15) is 0 Å². The summed E-state index contributed by atoms with van der Waals surface area (Å²) in [5.41, 5.74) is 0.863. The van der Waals surface area contributed by atoms with Crippen molar-refractivity contribution in [3.63, 3.8) is 0 Å². The monoisotopic (exact) mass is 204 g/mol. The third-order valence-corrected chi connectivity index (χ3v) is 7.73. The summed E-state index contributed by atoms with van der Waals surface area (Å²) in [5, 5.41) is 0. The average Bonchev–Trinajstić information content (AvgIpc) is 1.83. The van der Waals surface area contributed by atoms with Crippen LogP contribution in [0.2, 0.25) is 0 Å². The van der Waals surface area contributed by atoms with Gasteiger partial charge in [0.2, 0.25) is 0 Å². The lowest BCUT2D eigenvalue weighted by molar-refractivity contribution is 0.0966. The van der Waals surface area contributed by atoms with Gasteiger partial charge in [-0.1, -0.05) is 49.3 Å². The molecule has 0 spiro atoms. The van der Waals surface area contributed by atoms with Gasteiger partial charge >= 0.3 is 0 Å². The fourth-order valence-corrected chi connectivity index (χ4v) is 5.49. The molecular formula is C10H20S2. The van der Waals surface area contributed by atoms with Gasteiger partial charge in [-0.25, -0.2) is 0 Å². The molecule has 0 aliphatic carbocycles. The third kappa shape index (κ3) is 1.41. The highest BCUT2D eigenvalue weighted by molar-refractivity contribution is 8.77. The lowest BCUT2D eigenvalue weighted by Crippen LogP contribution is -2.50. The molecule has 0 N–H and O–H groups in total. The number of hydrogen-bond acceptors (Lipinski definition) is 2. The number of rotatable bonds is 0. The van der Waals surface area contributed by atoms with Crippen LogP contribution in [0.25, 0.3) is 0 Å². The van der Waals surface area contributed by atoms with E-state index in [4.69, 9.17) is 0 Å². The van der Waals surface area contributed by atoms with Crippen molar-refractivity contribution in [3.8, 4) is 0 Å². The minimum Gasteiger partial charge on any atom is -0.0930 e. The minimum atomic E-state index is 0.388. The molecule has 1 heterocycles. The van der Waals surface area contributed by atoms with Gasteiger partial charge < -0.3 is 0 Å². The van der Waals surface area contributed by atoms with E-state index < -0.39 is 0 Å². The summed E-state index contributed by atoms with van der Waals surface area (Å²) in [6, 6.07) is 0. The standard InChI is InChI=1S/C10H20S2/c1-8(2)7-11-12-10(5,6)9(8,3)4/h7H2,1-6H3. The molecule has 0 aromatic rings. The van der Waals surface area contributed by atoms with Crippen LogP contribution in [0.5, 0.6) is 0 Å². The first-order chi connectivity index (χ1) is 5.21.